The third-order valence-corrected chi connectivity index (χ3v) is 6.33. The summed E-state index contributed by atoms with van der Waals surface area (Å²) >= 11 is 0. The Balaban J connectivity index is 0.00000306. The average Bonchev–Trinajstić information content (AvgIpc) is 3.52. The van der Waals surface area contributed by atoms with Crippen molar-refractivity contribution in [3.63, 3.8) is 0 Å². The van der Waals surface area contributed by atoms with Crippen LogP contribution in [0.1, 0.15) is 30.9 Å². The number of methoxy groups -OCH3 is 1. The second-order valence-electron chi connectivity index (χ2n) is 8.34. The van der Waals surface area contributed by atoms with Crippen molar-refractivity contribution in [3.05, 3.63) is 54.0 Å². The molecule has 2 N–H and O–H groups in total. The van der Waals surface area contributed by atoms with Crippen molar-refractivity contribution < 1.29 is 9.13 Å². The van der Waals surface area contributed by atoms with Gasteiger partial charge in [-0.15, -0.1) is 24.0 Å². The van der Waals surface area contributed by atoms with Gasteiger partial charge in [0.05, 0.1) is 13.2 Å². The van der Waals surface area contributed by atoms with Crippen LogP contribution in [0.3, 0.4) is 0 Å². The predicted molar refractivity (Wildman–Crippen MR) is 141 cm³/mol. The molecule has 9 heteroatoms. The molecule has 0 saturated carbocycles. The molecule has 2 fully saturated rings. The van der Waals surface area contributed by atoms with Crippen LogP contribution < -0.4 is 20.3 Å². The first-order valence-electron chi connectivity index (χ1n) is 11.4. The lowest BCUT2D eigenvalue weighted by Crippen LogP contribution is -2.47. The topological polar surface area (TPSA) is 65.0 Å². The lowest BCUT2D eigenvalue weighted by molar-refractivity contribution is 0.239. The van der Waals surface area contributed by atoms with E-state index in [9.17, 15) is 4.39 Å². The molecular weight excluding hydrogens is 534 g/mol. The molecule has 2 aromatic rings. The number of benzene rings is 1. The van der Waals surface area contributed by atoms with Crippen LogP contribution in [0.25, 0.3) is 0 Å². The van der Waals surface area contributed by atoms with Gasteiger partial charge in [0.1, 0.15) is 5.75 Å². The van der Waals surface area contributed by atoms with Crippen molar-refractivity contribution in [2.45, 2.75) is 31.3 Å². The summed E-state index contributed by atoms with van der Waals surface area (Å²) in [6.07, 6.45) is 4.98. The third-order valence-electron chi connectivity index (χ3n) is 6.33. The molecule has 2 aliphatic heterocycles. The number of pyridine rings is 1. The Hall–Kier alpha value is -2.14. The number of anilines is 1. The van der Waals surface area contributed by atoms with Crippen LogP contribution in [0.5, 0.6) is 5.75 Å². The van der Waals surface area contributed by atoms with Crippen LogP contribution in [-0.4, -0.2) is 68.8 Å². The van der Waals surface area contributed by atoms with Crippen LogP contribution >= 0.6 is 24.0 Å². The second-order valence-corrected chi connectivity index (χ2v) is 8.34. The van der Waals surface area contributed by atoms with E-state index in [1.54, 1.807) is 26.4 Å². The molecule has 1 aromatic heterocycles. The van der Waals surface area contributed by atoms with Gasteiger partial charge >= 0.3 is 0 Å². The van der Waals surface area contributed by atoms with E-state index in [1.165, 1.54) is 24.5 Å². The van der Waals surface area contributed by atoms with Crippen LogP contribution in [0.4, 0.5) is 10.2 Å². The summed E-state index contributed by atoms with van der Waals surface area (Å²) in [5, 5.41) is 7.03. The van der Waals surface area contributed by atoms with E-state index < -0.39 is 0 Å². The first kappa shape index (κ1) is 25.5. The first-order chi connectivity index (χ1) is 15.7. The maximum absolute atomic E-state index is 14.1. The third kappa shape index (κ3) is 6.26. The summed E-state index contributed by atoms with van der Waals surface area (Å²) in [5.41, 5.74) is 1.19. The number of hydrogen-bond donors (Lipinski definition) is 2. The summed E-state index contributed by atoms with van der Waals surface area (Å²) < 4.78 is 19.8. The van der Waals surface area contributed by atoms with E-state index in [0.717, 1.165) is 44.3 Å². The van der Waals surface area contributed by atoms with Gasteiger partial charge < -0.3 is 20.3 Å². The van der Waals surface area contributed by atoms with E-state index in [0.29, 0.717) is 12.4 Å². The summed E-state index contributed by atoms with van der Waals surface area (Å²) in [5.74, 6) is 1.82. The molecule has 0 aliphatic carbocycles. The van der Waals surface area contributed by atoms with Gasteiger partial charge in [0.15, 0.2) is 17.6 Å². The largest absolute Gasteiger partial charge is 0.496 e. The molecule has 7 nitrogen and oxygen atoms in total. The number of hydrogen-bond acceptors (Lipinski definition) is 5. The lowest BCUT2D eigenvalue weighted by Gasteiger charge is -2.30. The smallest absolute Gasteiger partial charge is 0.191 e. The van der Waals surface area contributed by atoms with E-state index in [2.05, 4.69) is 37.6 Å². The van der Waals surface area contributed by atoms with Gasteiger partial charge in [0.25, 0.3) is 0 Å². The lowest BCUT2D eigenvalue weighted by atomic mass is 10.0. The van der Waals surface area contributed by atoms with Crippen molar-refractivity contribution in [1.29, 1.82) is 0 Å². The van der Waals surface area contributed by atoms with Gasteiger partial charge in [0.2, 0.25) is 0 Å². The Morgan fingerprint density at radius 3 is 2.73 bits per heavy atom. The normalized spacial score (nSPS) is 19.8. The molecule has 2 atom stereocenters. The molecule has 2 unspecified atom stereocenters. The van der Waals surface area contributed by atoms with E-state index >= 15 is 0 Å². The van der Waals surface area contributed by atoms with Gasteiger partial charge in [-0.1, -0.05) is 18.2 Å². The van der Waals surface area contributed by atoms with Crippen LogP contribution in [0.2, 0.25) is 0 Å². The van der Waals surface area contributed by atoms with Gasteiger partial charge in [-0.05, 0) is 50.6 Å². The minimum Gasteiger partial charge on any atom is -0.496 e. The molecule has 2 aliphatic rings. The fourth-order valence-corrected chi connectivity index (χ4v) is 4.69. The highest BCUT2D eigenvalue weighted by atomic mass is 127. The number of rotatable bonds is 7. The second kappa shape index (κ2) is 12.4. The maximum Gasteiger partial charge on any atom is 0.191 e. The van der Waals surface area contributed by atoms with Crippen molar-refractivity contribution in [3.8, 4) is 5.75 Å². The highest BCUT2D eigenvalue weighted by Gasteiger charge is 2.28. The number of nitrogens with one attached hydrogen (secondary N) is 2. The quantitative estimate of drug-likeness (QED) is 0.303. The fraction of sp³-hybridized carbons (Fsp3) is 0.500. The Morgan fingerprint density at radius 2 is 2.00 bits per heavy atom. The molecule has 180 valence electrons. The maximum atomic E-state index is 14.1. The van der Waals surface area contributed by atoms with Gasteiger partial charge in [-0.2, -0.15) is 0 Å². The molecule has 33 heavy (non-hydrogen) atoms. The minimum atomic E-state index is -0.277. The molecule has 0 bridgehead atoms. The fourth-order valence-electron chi connectivity index (χ4n) is 4.69. The molecular formula is C24H34FIN6O. The number of ether oxygens (including phenoxy) is 1. The molecule has 0 radical (unpaired) electrons. The molecule has 4 rings (SSSR count). The van der Waals surface area contributed by atoms with Gasteiger partial charge in [0, 0.05) is 44.5 Å². The standard InChI is InChI=1S/C24H33FN6O.HI/c1-26-24(29-18-11-15-31(17-18)23-20(25)9-7-12-27-23)28-16-21(30-13-5-6-14-30)19-8-3-4-10-22(19)32-2;/h3-4,7-10,12,18,21H,5-6,11,13-17H2,1-2H3,(H2,26,28,29);1H. The predicted octanol–water partition coefficient (Wildman–Crippen LogP) is 3.43. The monoisotopic (exact) mass is 568 g/mol. The van der Waals surface area contributed by atoms with Gasteiger partial charge in [-0.25, -0.2) is 9.37 Å². The zero-order valence-corrected chi connectivity index (χ0v) is 21.7. The van der Waals surface area contributed by atoms with E-state index in [1.807, 2.05) is 17.0 Å². The number of halogens is 2. The zero-order valence-electron chi connectivity index (χ0n) is 19.3. The first-order valence-corrected chi connectivity index (χ1v) is 11.4. The van der Waals surface area contributed by atoms with Crippen molar-refractivity contribution >= 4 is 35.8 Å². The Labute approximate surface area is 212 Å². The molecule has 0 amide bonds. The SMILES string of the molecule is CN=C(NCC(c1ccccc1OC)N1CCCC1)NC1CCN(c2ncccc2F)C1.I. The number of aromatic nitrogens is 1. The molecule has 3 heterocycles. The van der Waals surface area contributed by atoms with Crippen LogP contribution in [0, 0.1) is 5.82 Å². The highest BCUT2D eigenvalue weighted by molar-refractivity contribution is 14.0. The zero-order chi connectivity index (χ0) is 22.3. The summed E-state index contributed by atoms with van der Waals surface area (Å²) in [6, 6.07) is 11.7. The van der Waals surface area contributed by atoms with E-state index in [4.69, 9.17) is 4.74 Å². The molecule has 1 aromatic carbocycles. The van der Waals surface area contributed by atoms with Crippen molar-refractivity contribution in [2.75, 3.05) is 51.8 Å². The van der Waals surface area contributed by atoms with Gasteiger partial charge in [-0.3, -0.25) is 9.89 Å². The average molecular weight is 568 g/mol. The van der Waals surface area contributed by atoms with Crippen molar-refractivity contribution in [2.24, 2.45) is 4.99 Å². The summed E-state index contributed by atoms with van der Waals surface area (Å²) in [7, 11) is 3.51. The molecule has 0 spiro atoms. The number of para-hydroxylation sites is 1. The van der Waals surface area contributed by atoms with Crippen LogP contribution in [-0.2, 0) is 0 Å². The Bertz CT molecular complexity index is 923. The molecule has 2 saturated heterocycles. The van der Waals surface area contributed by atoms with Crippen LogP contribution in [0.15, 0.2) is 47.6 Å². The minimum absolute atomic E-state index is 0. The van der Waals surface area contributed by atoms with E-state index in [-0.39, 0.29) is 41.9 Å². The highest BCUT2D eigenvalue weighted by Crippen LogP contribution is 2.31. The van der Waals surface area contributed by atoms with Crippen molar-refractivity contribution in [1.82, 2.24) is 20.5 Å². The number of nitrogens with zero attached hydrogens (tertiary/aromatic N) is 4. The Kier molecular flexibility index (Phi) is 9.54. The summed E-state index contributed by atoms with van der Waals surface area (Å²) in [6.45, 7) is 4.36. The number of aliphatic imine (C=N–C) groups is 1. The number of guanidine groups is 1. The summed E-state index contributed by atoms with van der Waals surface area (Å²) in [4.78, 5) is 13.1. The number of likely N-dealkylation sites (tertiary alicyclic amines) is 1. The Morgan fingerprint density at radius 1 is 1.21 bits per heavy atom.